The highest BCUT2D eigenvalue weighted by Gasteiger charge is 2.20. The molecule has 2 heterocycles. The van der Waals surface area contributed by atoms with Crippen LogP contribution in [0.4, 0.5) is 0 Å². The van der Waals surface area contributed by atoms with E-state index in [1.807, 2.05) is 48.5 Å². The van der Waals surface area contributed by atoms with Crippen molar-refractivity contribution in [3.05, 3.63) is 95.6 Å². The summed E-state index contributed by atoms with van der Waals surface area (Å²) in [5.74, 6) is -0.100. The first-order valence-electron chi connectivity index (χ1n) is 9.29. The van der Waals surface area contributed by atoms with Crippen LogP contribution in [0.5, 0.6) is 0 Å². The summed E-state index contributed by atoms with van der Waals surface area (Å²) < 4.78 is 0. The maximum atomic E-state index is 12.9. The van der Waals surface area contributed by atoms with Gasteiger partial charge in [0.25, 0.3) is 0 Å². The van der Waals surface area contributed by atoms with E-state index in [0.717, 1.165) is 22.3 Å². The zero-order valence-corrected chi connectivity index (χ0v) is 16.2. The van der Waals surface area contributed by atoms with Crippen LogP contribution in [0.2, 0.25) is 0 Å². The van der Waals surface area contributed by atoms with E-state index in [9.17, 15) is 4.79 Å². The highest BCUT2D eigenvalue weighted by atomic mass is 17.2. The molecule has 7 heteroatoms. The molecule has 0 aliphatic heterocycles. The molecule has 2 N–H and O–H groups in total. The van der Waals surface area contributed by atoms with E-state index in [-0.39, 0.29) is 5.91 Å². The number of aromatic nitrogens is 2. The first-order chi connectivity index (χ1) is 14.3. The number of nitrogens with zero attached hydrogens (tertiary/aromatic N) is 2. The number of carbonyl (C=O) groups is 1. The number of nitrogens with one attached hydrogen (secondary N) is 2. The standard InChI is InChI=1S/C22H24N4O3/c1-28-29-16-19-2-4-20(5-3-19)21(25-14-17-6-10-23-11-7-17)22(27)26-15-18-8-12-24-13-9-18/h2-13,21,25H,14-16H2,1H3,(H,26,27). The number of hydrogen-bond donors (Lipinski definition) is 2. The smallest absolute Gasteiger partial charge is 0.242 e. The lowest BCUT2D eigenvalue weighted by atomic mass is 10.0. The molecule has 29 heavy (non-hydrogen) atoms. The molecule has 0 spiro atoms. The Labute approximate surface area is 170 Å². The van der Waals surface area contributed by atoms with Crippen LogP contribution < -0.4 is 10.6 Å². The van der Waals surface area contributed by atoms with Crippen LogP contribution in [-0.4, -0.2) is 23.0 Å². The summed E-state index contributed by atoms with van der Waals surface area (Å²) in [5.41, 5.74) is 3.87. The lowest BCUT2D eigenvalue weighted by molar-refractivity contribution is -0.282. The summed E-state index contributed by atoms with van der Waals surface area (Å²) in [6.07, 6.45) is 6.89. The third-order valence-corrected chi connectivity index (χ3v) is 4.39. The summed E-state index contributed by atoms with van der Waals surface area (Å²) in [5, 5.41) is 6.34. The molecule has 0 aliphatic rings. The first kappa shape index (κ1) is 20.6. The summed E-state index contributed by atoms with van der Waals surface area (Å²) in [7, 11) is 1.47. The maximum Gasteiger partial charge on any atom is 0.242 e. The van der Waals surface area contributed by atoms with Gasteiger partial charge in [0.2, 0.25) is 5.91 Å². The second-order valence-electron chi connectivity index (χ2n) is 6.41. The fourth-order valence-electron chi connectivity index (χ4n) is 2.81. The fraction of sp³-hybridized carbons (Fsp3) is 0.227. The number of benzene rings is 1. The molecule has 0 radical (unpaired) electrons. The van der Waals surface area contributed by atoms with E-state index in [0.29, 0.717) is 19.7 Å². The largest absolute Gasteiger partial charge is 0.350 e. The second kappa shape index (κ2) is 11.0. The highest BCUT2D eigenvalue weighted by molar-refractivity contribution is 5.83. The van der Waals surface area contributed by atoms with Gasteiger partial charge < -0.3 is 5.32 Å². The molecule has 3 rings (SSSR count). The highest BCUT2D eigenvalue weighted by Crippen LogP contribution is 2.16. The van der Waals surface area contributed by atoms with Gasteiger partial charge >= 0.3 is 0 Å². The zero-order valence-electron chi connectivity index (χ0n) is 16.2. The predicted molar refractivity (Wildman–Crippen MR) is 108 cm³/mol. The van der Waals surface area contributed by atoms with E-state index in [4.69, 9.17) is 4.89 Å². The molecule has 0 bridgehead atoms. The molecular weight excluding hydrogens is 368 g/mol. The van der Waals surface area contributed by atoms with Gasteiger partial charge in [0.05, 0.1) is 7.11 Å². The molecule has 150 valence electrons. The van der Waals surface area contributed by atoms with Crippen LogP contribution in [0.3, 0.4) is 0 Å². The molecule has 0 saturated heterocycles. The van der Waals surface area contributed by atoms with Crippen LogP contribution in [0.1, 0.15) is 28.3 Å². The van der Waals surface area contributed by atoms with Crippen molar-refractivity contribution in [3.63, 3.8) is 0 Å². The molecule has 2 aromatic heterocycles. The SMILES string of the molecule is COOCc1ccc(C(NCc2ccncc2)C(=O)NCc2ccncc2)cc1. The Kier molecular flexibility index (Phi) is 7.82. The van der Waals surface area contributed by atoms with Gasteiger partial charge in [0.15, 0.2) is 0 Å². The summed E-state index contributed by atoms with van der Waals surface area (Å²) in [4.78, 5) is 30.6. The van der Waals surface area contributed by atoms with Gasteiger partial charge in [-0.1, -0.05) is 24.3 Å². The summed E-state index contributed by atoms with van der Waals surface area (Å²) >= 11 is 0. The van der Waals surface area contributed by atoms with Crippen molar-refractivity contribution in [2.75, 3.05) is 7.11 Å². The minimum atomic E-state index is -0.498. The Balaban J connectivity index is 1.70. The Bertz CT molecular complexity index is 874. The van der Waals surface area contributed by atoms with E-state index < -0.39 is 6.04 Å². The molecular formula is C22H24N4O3. The third-order valence-electron chi connectivity index (χ3n) is 4.39. The average Bonchev–Trinajstić information content (AvgIpc) is 2.78. The molecule has 1 aromatic carbocycles. The molecule has 7 nitrogen and oxygen atoms in total. The van der Waals surface area contributed by atoms with Gasteiger partial charge in [-0.05, 0) is 46.5 Å². The number of amides is 1. The van der Waals surface area contributed by atoms with Crippen LogP contribution in [0, 0.1) is 0 Å². The van der Waals surface area contributed by atoms with Gasteiger partial charge in [0, 0.05) is 37.9 Å². The molecule has 1 amide bonds. The van der Waals surface area contributed by atoms with Gasteiger partial charge in [-0.3, -0.25) is 20.1 Å². The molecule has 0 aliphatic carbocycles. The van der Waals surface area contributed by atoms with Gasteiger partial charge in [-0.15, -0.1) is 0 Å². The van der Waals surface area contributed by atoms with Crippen molar-refractivity contribution in [1.29, 1.82) is 0 Å². The lowest BCUT2D eigenvalue weighted by Gasteiger charge is -2.19. The number of rotatable bonds is 10. The number of hydrogen-bond acceptors (Lipinski definition) is 6. The average molecular weight is 392 g/mol. The van der Waals surface area contributed by atoms with E-state index >= 15 is 0 Å². The quantitative estimate of drug-likeness (QED) is 0.408. The van der Waals surface area contributed by atoms with Crippen molar-refractivity contribution < 1.29 is 14.6 Å². The van der Waals surface area contributed by atoms with Gasteiger partial charge in [-0.2, -0.15) is 0 Å². The summed E-state index contributed by atoms with van der Waals surface area (Å²) in [6, 6.07) is 14.8. The number of pyridine rings is 2. The summed E-state index contributed by atoms with van der Waals surface area (Å²) in [6.45, 7) is 1.33. The Morgan fingerprint density at radius 2 is 1.45 bits per heavy atom. The lowest BCUT2D eigenvalue weighted by Crippen LogP contribution is -2.37. The predicted octanol–water partition coefficient (Wildman–Crippen LogP) is 2.70. The minimum Gasteiger partial charge on any atom is -0.350 e. The van der Waals surface area contributed by atoms with Crippen LogP contribution in [0.15, 0.2) is 73.3 Å². The number of carbonyl (C=O) groups excluding carboxylic acids is 1. The van der Waals surface area contributed by atoms with Gasteiger partial charge in [-0.25, -0.2) is 9.78 Å². The maximum absolute atomic E-state index is 12.9. The molecule has 1 unspecified atom stereocenters. The minimum absolute atomic E-state index is 0.100. The third kappa shape index (κ3) is 6.46. The fourth-order valence-corrected chi connectivity index (χ4v) is 2.81. The zero-order chi connectivity index (χ0) is 20.3. The van der Waals surface area contributed by atoms with Crippen LogP contribution in [0.25, 0.3) is 0 Å². The normalized spacial score (nSPS) is 11.8. The van der Waals surface area contributed by atoms with Crippen molar-refractivity contribution >= 4 is 5.91 Å². The van der Waals surface area contributed by atoms with E-state index in [1.54, 1.807) is 24.8 Å². The van der Waals surface area contributed by atoms with Crippen LogP contribution >= 0.6 is 0 Å². The molecule has 0 fully saturated rings. The van der Waals surface area contributed by atoms with Crippen molar-refractivity contribution in [2.24, 2.45) is 0 Å². The van der Waals surface area contributed by atoms with Crippen molar-refractivity contribution in [2.45, 2.75) is 25.7 Å². The Hall–Kier alpha value is -3.13. The van der Waals surface area contributed by atoms with Gasteiger partial charge in [0.1, 0.15) is 12.6 Å². The molecule has 0 saturated carbocycles. The topological polar surface area (TPSA) is 85.4 Å². The van der Waals surface area contributed by atoms with Crippen LogP contribution in [-0.2, 0) is 34.3 Å². The molecule has 1 atom stereocenters. The van der Waals surface area contributed by atoms with E-state index in [1.165, 1.54) is 7.11 Å². The van der Waals surface area contributed by atoms with E-state index in [2.05, 4.69) is 25.5 Å². The monoisotopic (exact) mass is 392 g/mol. The molecule has 3 aromatic rings. The van der Waals surface area contributed by atoms with Crippen molar-refractivity contribution in [1.82, 2.24) is 20.6 Å². The Morgan fingerprint density at radius 1 is 0.862 bits per heavy atom. The Morgan fingerprint density at radius 3 is 2.03 bits per heavy atom. The second-order valence-corrected chi connectivity index (χ2v) is 6.41. The van der Waals surface area contributed by atoms with Crippen molar-refractivity contribution in [3.8, 4) is 0 Å². The first-order valence-corrected chi connectivity index (χ1v) is 9.29.